The number of aryl methyl sites for hydroxylation is 2. The smallest absolute Gasteiger partial charge is 0.0227 e. The Morgan fingerprint density at radius 1 is 0.720 bits per heavy atom. The molecule has 0 saturated carbocycles. The zero-order chi connectivity index (χ0) is 18.9. The first-order valence-corrected chi connectivity index (χ1v) is 9.93. The molecular formula is C24H37N. The Hall–Kier alpha value is -1.60. The molecule has 1 fully saturated rings. The van der Waals surface area contributed by atoms with E-state index in [1.165, 1.54) is 48.2 Å². The average molecular weight is 340 g/mol. The van der Waals surface area contributed by atoms with Gasteiger partial charge in [0.15, 0.2) is 0 Å². The first kappa shape index (κ1) is 21.4. The van der Waals surface area contributed by atoms with Crippen molar-refractivity contribution in [1.82, 2.24) is 4.90 Å². The van der Waals surface area contributed by atoms with Crippen LogP contribution < -0.4 is 0 Å². The summed E-state index contributed by atoms with van der Waals surface area (Å²) in [7, 11) is 2.23. The van der Waals surface area contributed by atoms with E-state index in [1.807, 2.05) is 27.7 Å². The molecule has 3 rings (SSSR count). The fraction of sp³-hybridized carbons (Fsp3) is 0.500. The predicted molar refractivity (Wildman–Crippen MR) is 113 cm³/mol. The van der Waals surface area contributed by atoms with Crippen molar-refractivity contribution in [2.24, 2.45) is 0 Å². The molecule has 0 amide bonds. The third-order valence-electron chi connectivity index (χ3n) is 5.02. The van der Waals surface area contributed by atoms with Crippen LogP contribution in [-0.2, 0) is 5.41 Å². The normalized spacial score (nSPS) is 16.1. The summed E-state index contributed by atoms with van der Waals surface area (Å²) in [6, 6.07) is 18.3. The lowest BCUT2D eigenvalue weighted by atomic mass is 9.68. The summed E-state index contributed by atoms with van der Waals surface area (Å²) in [5.41, 5.74) is 5.85. The maximum Gasteiger partial charge on any atom is 0.0227 e. The molecule has 0 radical (unpaired) electrons. The van der Waals surface area contributed by atoms with E-state index in [0.717, 1.165) is 0 Å². The molecule has 1 saturated heterocycles. The van der Waals surface area contributed by atoms with Crippen molar-refractivity contribution in [2.45, 2.75) is 59.8 Å². The first-order valence-electron chi connectivity index (χ1n) is 9.93. The van der Waals surface area contributed by atoms with Gasteiger partial charge in [0, 0.05) is 5.41 Å². The van der Waals surface area contributed by atoms with Crippen LogP contribution in [0, 0.1) is 13.8 Å². The second-order valence-electron chi connectivity index (χ2n) is 6.62. The van der Waals surface area contributed by atoms with Crippen LogP contribution in [0.3, 0.4) is 0 Å². The Morgan fingerprint density at radius 3 is 1.80 bits per heavy atom. The SMILES string of the molecule is CC.CC.Cc1ccc(C2(c3cccc(C)c3)CCN(C)CC2)cc1. The van der Waals surface area contributed by atoms with E-state index < -0.39 is 0 Å². The summed E-state index contributed by atoms with van der Waals surface area (Å²) in [6.07, 6.45) is 2.41. The second-order valence-corrected chi connectivity index (χ2v) is 6.62. The molecular weight excluding hydrogens is 302 g/mol. The summed E-state index contributed by atoms with van der Waals surface area (Å²) in [5.74, 6) is 0. The zero-order valence-corrected chi connectivity index (χ0v) is 17.4. The molecule has 0 aliphatic carbocycles. The highest BCUT2D eigenvalue weighted by molar-refractivity contribution is 5.42. The van der Waals surface area contributed by atoms with Crippen molar-refractivity contribution in [2.75, 3.05) is 20.1 Å². The molecule has 1 aliphatic rings. The molecule has 1 heteroatoms. The van der Waals surface area contributed by atoms with Crippen molar-refractivity contribution in [3.8, 4) is 0 Å². The predicted octanol–water partition coefficient (Wildman–Crippen LogP) is 6.37. The molecule has 1 aliphatic heterocycles. The lowest BCUT2D eigenvalue weighted by molar-refractivity contribution is 0.213. The summed E-state index contributed by atoms with van der Waals surface area (Å²) in [6.45, 7) is 14.7. The van der Waals surface area contributed by atoms with Crippen LogP contribution in [0.4, 0.5) is 0 Å². The van der Waals surface area contributed by atoms with Gasteiger partial charge in [0.25, 0.3) is 0 Å². The number of piperidine rings is 1. The highest BCUT2D eigenvalue weighted by Gasteiger charge is 2.36. The second kappa shape index (κ2) is 10.4. The molecule has 1 heterocycles. The minimum Gasteiger partial charge on any atom is -0.306 e. The molecule has 1 nitrogen and oxygen atoms in total. The van der Waals surface area contributed by atoms with E-state index in [-0.39, 0.29) is 5.41 Å². The maximum atomic E-state index is 2.45. The molecule has 0 atom stereocenters. The van der Waals surface area contributed by atoms with E-state index in [1.54, 1.807) is 0 Å². The summed E-state index contributed by atoms with van der Waals surface area (Å²) in [4.78, 5) is 2.45. The van der Waals surface area contributed by atoms with Gasteiger partial charge >= 0.3 is 0 Å². The Labute approximate surface area is 156 Å². The monoisotopic (exact) mass is 339 g/mol. The topological polar surface area (TPSA) is 3.24 Å². The van der Waals surface area contributed by atoms with Gasteiger partial charge in [-0.1, -0.05) is 87.4 Å². The summed E-state index contributed by atoms with van der Waals surface area (Å²) < 4.78 is 0. The van der Waals surface area contributed by atoms with Gasteiger partial charge in [-0.15, -0.1) is 0 Å². The van der Waals surface area contributed by atoms with E-state index in [2.05, 4.69) is 74.3 Å². The molecule has 138 valence electrons. The van der Waals surface area contributed by atoms with Gasteiger partial charge in [-0.25, -0.2) is 0 Å². The number of hydrogen-bond donors (Lipinski definition) is 0. The van der Waals surface area contributed by atoms with Crippen LogP contribution in [0.25, 0.3) is 0 Å². The van der Waals surface area contributed by atoms with Gasteiger partial charge in [-0.2, -0.15) is 0 Å². The molecule has 0 N–H and O–H groups in total. The summed E-state index contributed by atoms with van der Waals surface area (Å²) >= 11 is 0. The maximum absolute atomic E-state index is 2.45. The van der Waals surface area contributed by atoms with E-state index in [9.17, 15) is 0 Å². The third-order valence-corrected chi connectivity index (χ3v) is 5.02. The molecule has 2 aromatic carbocycles. The van der Waals surface area contributed by atoms with Crippen molar-refractivity contribution >= 4 is 0 Å². The Balaban J connectivity index is 0.000000730. The fourth-order valence-corrected chi connectivity index (χ4v) is 3.56. The lowest BCUT2D eigenvalue weighted by Gasteiger charge is -2.42. The number of hydrogen-bond acceptors (Lipinski definition) is 1. The van der Waals surface area contributed by atoms with Crippen LogP contribution in [0.5, 0.6) is 0 Å². The zero-order valence-electron chi connectivity index (χ0n) is 17.4. The van der Waals surface area contributed by atoms with Gasteiger partial charge in [0.1, 0.15) is 0 Å². The Bertz CT molecular complexity index is 604. The van der Waals surface area contributed by atoms with Gasteiger partial charge in [0.05, 0.1) is 0 Å². The van der Waals surface area contributed by atoms with Crippen LogP contribution in [0.1, 0.15) is 62.8 Å². The standard InChI is InChI=1S/C20H25N.2C2H6/c1-16-7-9-18(10-8-16)20(11-13-21(3)14-12-20)19-6-4-5-17(2)15-19;2*1-2/h4-10,15H,11-14H2,1-3H3;2*1-2H3. The van der Waals surface area contributed by atoms with Crippen molar-refractivity contribution < 1.29 is 0 Å². The van der Waals surface area contributed by atoms with E-state index >= 15 is 0 Å². The number of likely N-dealkylation sites (tertiary alicyclic amines) is 1. The summed E-state index contributed by atoms with van der Waals surface area (Å²) in [5, 5.41) is 0. The number of nitrogens with zero attached hydrogens (tertiary/aromatic N) is 1. The minimum atomic E-state index is 0.187. The number of rotatable bonds is 2. The largest absolute Gasteiger partial charge is 0.306 e. The van der Waals surface area contributed by atoms with E-state index in [4.69, 9.17) is 0 Å². The van der Waals surface area contributed by atoms with Crippen LogP contribution in [0.2, 0.25) is 0 Å². The van der Waals surface area contributed by atoms with Crippen LogP contribution in [-0.4, -0.2) is 25.0 Å². The highest BCUT2D eigenvalue weighted by Crippen LogP contribution is 2.41. The average Bonchev–Trinajstić information content (AvgIpc) is 2.67. The fourth-order valence-electron chi connectivity index (χ4n) is 3.56. The molecule has 0 bridgehead atoms. The molecule has 0 unspecified atom stereocenters. The lowest BCUT2D eigenvalue weighted by Crippen LogP contribution is -2.41. The molecule has 0 spiro atoms. The third kappa shape index (κ3) is 5.19. The molecule has 25 heavy (non-hydrogen) atoms. The Morgan fingerprint density at radius 2 is 1.28 bits per heavy atom. The highest BCUT2D eigenvalue weighted by atomic mass is 15.1. The molecule has 0 aromatic heterocycles. The van der Waals surface area contributed by atoms with E-state index in [0.29, 0.717) is 0 Å². The quantitative estimate of drug-likeness (QED) is 0.614. The van der Waals surface area contributed by atoms with Gasteiger partial charge in [-0.3, -0.25) is 0 Å². The first-order chi connectivity index (χ1) is 12.1. The molecule has 2 aromatic rings. The van der Waals surface area contributed by atoms with Crippen LogP contribution >= 0.6 is 0 Å². The van der Waals surface area contributed by atoms with Crippen molar-refractivity contribution in [3.05, 3.63) is 70.8 Å². The van der Waals surface area contributed by atoms with Crippen LogP contribution in [0.15, 0.2) is 48.5 Å². The number of benzene rings is 2. The van der Waals surface area contributed by atoms with Gasteiger partial charge in [-0.05, 0) is 58.0 Å². The van der Waals surface area contributed by atoms with Gasteiger partial charge < -0.3 is 4.90 Å². The van der Waals surface area contributed by atoms with Gasteiger partial charge in [0.2, 0.25) is 0 Å². The minimum absolute atomic E-state index is 0.187. The van der Waals surface area contributed by atoms with Crippen molar-refractivity contribution in [3.63, 3.8) is 0 Å². The Kier molecular flexibility index (Phi) is 8.92. The van der Waals surface area contributed by atoms with Crippen molar-refractivity contribution in [1.29, 1.82) is 0 Å².